The van der Waals surface area contributed by atoms with E-state index in [9.17, 15) is 32.3 Å². The molecule has 3 amide bonds. The largest absolute Gasteiger partial charge is 0.490 e. The lowest BCUT2D eigenvalue weighted by atomic mass is 9.98. The van der Waals surface area contributed by atoms with Crippen molar-refractivity contribution < 1.29 is 42.2 Å². The quantitative estimate of drug-likeness (QED) is 0.134. The number of nitrogens with two attached hydrogens (primary N) is 1. The van der Waals surface area contributed by atoms with Crippen LogP contribution in [-0.2, 0) is 19.1 Å². The Morgan fingerprint density at radius 2 is 1.64 bits per heavy atom. The number of hydrogen-bond acceptors (Lipinski definition) is 7. The molecule has 1 aliphatic carbocycles. The molecule has 6 N–H and O–H groups in total. The maximum atomic E-state index is 13.6. The number of fused-ring (bicyclic) bond motifs is 4. The lowest BCUT2D eigenvalue weighted by molar-refractivity contribution is -0.192. The lowest BCUT2D eigenvalue weighted by Crippen LogP contribution is -2.52. The van der Waals surface area contributed by atoms with Gasteiger partial charge in [0.15, 0.2) is 0 Å². The molecular weight excluding hydrogens is 695 g/mol. The molecule has 1 aromatic heterocycles. The van der Waals surface area contributed by atoms with Crippen molar-refractivity contribution in [1.29, 1.82) is 0 Å². The number of rotatable bonds is 10. The number of aryl methyl sites for hydroxylation is 1. The Morgan fingerprint density at radius 1 is 1.00 bits per heavy atom. The van der Waals surface area contributed by atoms with Gasteiger partial charge in [-0.15, -0.1) is 0 Å². The minimum Gasteiger partial charge on any atom is -0.475 e. The number of carboxylic acid groups (broad SMARTS) is 1. The van der Waals surface area contributed by atoms with E-state index in [2.05, 4.69) is 39.9 Å². The summed E-state index contributed by atoms with van der Waals surface area (Å²) in [4.78, 5) is 65.6. The molecule has 12 nitrogen and oxygen atoms in total. The Kier molecular flexibility index (Phi) is 12.2. The molecule has 2 aliphatic rings. The normalized spacial score (nSPS) is 15.5. The summed E-state index contributed by atoms with van der Waals surface area (Å²) in [6.07, 6.45) is -2.77. The first kappa shape index (κ1) is 38.5. The summed E-state index contributed by atoms with van der Waals surface area (Å²) in [5.74, 6) is -3.62. The summed E-state index contributed by atoms with van der Waals surface area (Å²) in [7, 11) is 0. The van der Waals surface area contributed by atoms with E-state index in [0.717, 1.165) is 33.2 Å². The number of carbonyl (C=O) groups is 4. The third kappa shape index (κ3) is 9.21. The van der Waals surface area contributed by atoms with E-state index in [4.69, 9.17) is 20.4 Å². The molecule has 0 spiro atoms. The van der Waals surface area contributed by atoms with E-state index in [1.54, 1.807) is 12.1 Å². The number of ether oxygens (including phenoxy) is 1. The molecule has 4 aromatic rings. The van der Waals surface area contributed by atoms with Crippen molar-refractivity contribution in [3.8, 4) is 11.1 Å². The average molecular weight is 736 g/mol. The summed E-state index contributed by atoms with van der Waals surface area (Å²) >= 11 is 0. The van der Waals surface area contributed by atoms with Gasteiger partial charge in [-0.3, -0.25) is 19.3 Å². The van der Waals surface area contributed by atoms with Crippen LogP contribution in [0.4, 0.5) is 23.7 Å². The Hall–Kier alpha value is -5.70. The number of carbonyl (C=O) groups excluding carboxylic acids is 3. The molecular formula is C38H40F3N5O7. The van der Waals surface area contributed by atoms with Crippen LogP contribution in [0.5, 0.6) is 0 Å². The van der Waals surface area contributed by atoms with Crippen molar-refractivity contribution in [2.75, 3.05) is 25.0 Å². The van der Waals surface area contributed by atoms with E-state index < -0.39 is 36.2 Å². The van der Waals surface area contributed by atoms with Crippen LogP contribution in [0.1, 0.15) is 54.7 Å². The lowest BCUT2D eigenvalue weighted by Gasteiger charge is -2.26. The zero-order valence-corrected chi connectivity index (χ0v) is 28.9. The zero-order chi connectivity index (χ0) is 38.3. The third-order valence-corrected chi connectivity index (χ3v) is 9.27. The average Bonchev–Trinajstić information content (AvgIpc) is 3.74. The summed E-state index contributed by atoms with van der Waals surface area (Å²) in [5.41, 5.74) is 11.9. The second kappa shape index (κ2) is 16.8. The Labute approximate surface area is 302 Å². The fourth-order valence-electron chi connectivity index (χ4n) is 6.71. The van der Waals surface area contributed by atoms with E-state index in [1.807, 2.05) is 37.3 Å². The van der Waals surface area contributed by atoms with Gasteiger partial charge in [-0.2, -0.15) is 13.2 Å². The van der Waals surface area contributed by atoms with Crippen LogP contribution in [0.3, 0.4) is 0 Å². The molecule has 0 radical (unpaired) electrons. The number of amides is 3. The highest BCUT2D eigenvalue weighted by atomic mass is 19.4. The van der Waals surface area contributed by atoms with Crippen molar-refractivity contribution in [2.24, 2.45) is 5.73 Å². The Morgan fingerprint density at radius 3 is 2.26 bits per heavy atom. The summed E-state index contributed by atoms with van der Waals surface area (Å²) in [6, 6.07) is 21.5. The highest BCUT2D eigenvalue weighted by Crippen LogP contribution is 2.44. The van der Waals surface area contributed by atoms with Crippen LogP contribution < -0.4 is 21.9 Å². The zero-order valence-electron chi connectivity index (χ0n) is 28.9. The standard InChI is InChI=1S/C36H39N5O5.C2HF3O2/c1-22-19-33(42)39-31-20-23(15-16-24(22)31)38-34(43)30(13-6-7-17-37)40-35(44)32-14-8-18-41(32)36(45)46-21-29-27-11-4-2-9-25(27)26-10-3-5-12-28(26)29;3-2(4,5)1(6)7/h2-5,9-12,15-16,19-20,29-30,32H,6-8,13-14,17-18,21,37H2,1H3,(H,38,43)(H,39,42)(H,40,44);(H,6,7)/t30-,32-;/m0./s1. The first-order valence-corrected chi connectivity index (χ1v) is 17.1. The molecule has 1 saturated heterocycles. The van der Waals surface area contributed by atoms with Crippen LogP contribution in [-0.4, -0.2) is 76.8 Å². The molecule has 0 saturated carbocycles. The monoisotopic (exact) mass is 735 g/mol. The number of carboxylic acids is 1. The molecule has 6 rings (SSSR count). The molecule has 1 fully saturated rings. The number of aliphatic carboxylic acids is 1. The third-order valence-electron chi connectivity index (χ3n) is 9.27. The molecule has 1 aliphatic heterocycles. The highest BCUT2D eigenvalue weighted by molar-refractivity contribution is 5.99. The van der Waals surface area contributed by atoms with E-state index in [1.165, 1.54) is 11.0 Å². The fourth-order valence-corrected chi connectivity index (χ4v) is 6.71. The number of hydrogen-bond donors (Lipinski definition) is 5. The number of H-pyrrole nitrogens is 1. The van der Waals surface area contributed by atoms with Gasteiger partial charge in [-0.05, 0) is 85.5 Å². The SMILES string of the molecule is Cc1cc(=O)[nH]c2cc(NC(=O)[C@H](CCCCN)NC(=O)[C@@H]3CCCN3C(=O)OCC3c4ccccc4-c4ccccc43)ccc12.O=C(O)C(F)(F)F. The number of benzene rings is 3. The highest BCUT2D eigenvalue weighted by Gasteiger charge is 2.39. The van der Waals surface area contributed by atoms with Gasteiger partial charge < -0.3 is 31.2 Å². The molecule has 0 unspecified atom stereocenters. The fraction of sp³-hybridized carbons (Fsp3) is 0.342. The maximum Gasteiger partial charge on any atom is 0.490 e. The van der Waals surface area contributed by atoms with Crippen LogP contribution in [0, 0.1) is 6.92 Å². The smallest absolute Gasteiger partial charge is 0.475 e. The Bertz CT molecular complexity index is 2010. The van der Waals surface area contributed by atoms with Crippen LogP contribution in [0.2, 0.25) is 0 Å². The number of pyridine rings is 1. The number of nitrogens with zero attached hydrogens (tertiary/aromatic N) is 1. The van der Waals surface area contributed by atoms with Gasteiger partial charge in [-0.25, -0.2) is 9.59 Å². The van der Waals surface area contributed by atoms with E-state index in [-0.39, 0.29) is 24.0 Å². The van der Waals surface area contributed by atoms with Crippen LogP contribution in [0.25, 0.3) is 22.0 Å². The molecule has 2 atom stereocenters. The predicted octanol–water partition coefficient (Wildman–Crippen LogP) is 5.44. The number of halogens is 3. The number of unbranched alkanes of at least 4 members (excludes halogenated alkanes) is 1. The number of aromatic amines is 1. The first-order chi connectivity index (χ1) is 25.3. The van der Waals surface area contributed by atoms with Gasteiger partial charge in [0.2, 0.25) is 17.4 Å². The number of anilines is 1. The molecule has 53 heavy (non-hydrogen) atoms. The predicted molar refractivity (Wildman–Crippen MR) is 191 cm³/mol. The number of alkyl halides is 3. The van der Waals surface area contributed by atoms with Crippen molar-refractivity contribution in [1.82, 2.24) is 15.2 Å². The van der Waals surface area contributed by atoms with Crippen molar-refractivity contribution in [3.05, 3.63) is 99.8 Å². The van der Waals surface area contributed by atoms with Crippen molar-refractivity contribution in [3.63, 3.8) is 0 Å². The van der Waals surface area contributed by atoms with Gasteiger partial charge in [0, 0.05) is 29.6 Å². The van der Waals surface area contributed by atoms with E-state index in [0.29, 0.717) is 56.4 Å². The Balaban J connectivity index is 0.000000705. The topological polar surface area (TPSA) is 184 Å². The van der Waals surface area contributed by atoms with Gasteiger partial charge in [0.1, 0.15) is 18.7 Å². The van der Waals surface area contributed by atoms with Crippen LogP contribution in [0.15, 0.2) is 77.6 Å². The molecule has 3 aromatic carbocycles. The molecule has 2 heterocycles. The minimum absolute atomic E-state index is 0.0845. The van der Waals surface area contributed by atoms with Gasteiger partial charge in [0.05, 0.1) is 5.52 Å². The number of likely N-dealkylation sites (tertiary alicyclic amines) is 1. The van der Waals surface area contributed by atoms with Crippen molar-refractivity contribution >= 4 is 40.5 Å². The van der Waals surface area contributed by atoms with Gasteiger partial charge in [-0.1, -0.05) is 54.6 Å². The maximum absolute atomic E-state index is 13.6. The summed E-state index contributed by atoms with van der Waals surface area (Å²) in [5, 5.41) is 13.8. The van der Waals surface area contributed by atoms with Crippen LogP contribution >= 0.6 is 0 Å². The summed E-state index contributed by atoms with van der Waals surface area (Å²) in [6.45, 7) is 2.89. The van der Waals surface area contributed by atoms with E-state index >= 15 is 0 Å². The molecule has 15 heteroatoms. The summed E-state index contributed by atoms with van der Waals surface area (Å²) < 4.78 is 37.6. The van der Waals surface area contributed by atoms with Crippen molar-refractivity contribution in [2.45, 2.75) is 63.2 Å². The van der Waals surface area contributed by atoms with Gasteiger partial charge >= 0.3 is 18.2 Å². The number of nitrogens with one attached hydrogen (secondary N) is 3. The molecule has 280 valence electrons. The number of aromatic nitrogens is 1. The minimum atomic E-state index is -5.08. The second-order valence-electron chi connectivity index (χ2n) is 12.9. The molecule has 0 bridgehead atoms. The van der Waals surface area contributed by atoms with Gasteiger partial charge in [0.25, 0.3) is 0 Å². The first-order valence-electron chi connectivity index (χ1n) is 17.1. The second-order valence-corrected chi connectivity index (χ2v) is 12.9.